The van der Waals surface area contributed by atoms with Crippen LogP contribution in [0.3, 0.4) is 0 Å². The van der Waals surface area contributed by atoms with Crippen molar-refractivity contribution in [3.63, 3.8) is 0 Å². The average molecular weight is 283 g/mol. The molecule has 0 aliphatic carbocycles. The molecule has 0 saturated carbocycles. The minimum Gasteiger partial charge on any atom is -0.493 e. The lowest BCUT2D eigenvalue weighted by atomic mass is 10.1. The Labute approximate surface area is 121 Å². The Bertz CT molecular complexity index is 371. The molecule has 1 aromatic rings. The number of methoxy groups -OCH3 is 2. The second-order valence-corrected chi connectivity index (χ2v) is 5.45. The number of hydrogen-bond donors (Lipinski definition) is 1. The Balaban J connectivity index is 2.82. The van der Waals surface area contributed by atoms with Gasteiger partial charge in [-0.1, -0.05) is 19.9 Å². The summed E-state index contributed by atoms with van der Waals surface area (Å²) in [6, 6.07) is 6.52. The van der Waals surface area contributed by atoms with E-state index in [9.17, 15) is 0 Å². The molecule has 0 amide bonds. The van der Waals surface area contributed by atoms with E-state index in [0.29, 0.717) is 6.04 Å². The topological polar surface area (TPSA) is 30.5 Å². The molecule has 0 aliphatic rings. The molecule has 108 valence electrons. The van der Waals surface area contributed by atoms with Gasteiger partial charge in [0.25, 0.3) is 0 Å². The van der Waals surface area contributed by atoms with E-state index in [2.05, 4.69) is 31.3 Å². The zero-order valence-corrected chi connectivity index (χ0v) is 13.2. The quantitative estimate of drug-likeness (QED) is 0.703. The van der Waals surface area contributed by atoms with Gasteiger partial charge in [-0.3, -0.25) is 0 Å². The van der Waals surface area contributed by atoms with Crippen LogP contribution >= 0.6 is 11.8 Å². The molecular formula is C15H25NO2S. The van der Waals surface area contributed by atoms with E-state index in [4.69, 9.17) is 9.47 Å². The Morgan fingerprint density at radius 1 is 1.16 bits per heavy atom. The van der Waals surface area contributed by atoms with Crippen LogP contribution in [0.5, 0.6) is 11.5 Å². The van der Waals surface area contributed by atoms with Gasteiger partial charge in [0.1, 0.15) is 0 Å². The van der Waals surface area contributed by atoms with Crippen LogP contribution in [0, 0.1) is 0 Å². The molecule has 0 heterocycles. The molecule has 0 spiro atoms. The number of thioether (sulfide) groups is 1. The Morgan fingerprint density at radius 2 is 1.89 bits per heavy atom. The standard InChI is InChI=1S/C15H25NO2S/c1-5-9-19-11-13(16-6-2)12-7-8-14(17-3)15(10-12)18-4/h7-8,10,13,16H,5-6,9,11H2,1-4H3. The van der Waals surface area contributed by atoms with Crippen molar-refractivity contribution in [2.75, 3.05) is 32.3 Å². The van der Waals surface area contributed by atoms with Gasteiger partial charge >= 0.3 is 0 Å². The lowest BCUT2D eigenvalue weighted by Gasteiger charge is -2.19. The normalized spacial score (nSPS) is 12.2. The highest BCUT2D eigenvalue weighted by Crippen LogP contribution is 2.31. The molecule has 0 aromatic heterocycles. The number of hydrogen-bond acceptors (Lipinski definition) is 4. The summed E-state index contributed by atoms with van der Waals surface area (Å²) in [5, 5.41) is 3.53. The lowest BCUT2D eigenvalue weighted by Crippen LogP contribution is -2.23. The van der Waals surface area contributed by atoms with E-state index in [1.807, 2.05) is 17.8 Å². The molecule has 4 heteroatoms. The van der Waals surface area contributed by atoms with Gasteiger partial charge in [-0.05, 0) is 36.4 Å². The maximum atomic E-state index is 5.37. The van der Waals surface area contributed by atoms with Gasteiger partial charge in [-0.25, -0.2) is 0 Å². The molecule has 19 heavy (non-hydrogen) atoms. The third kappa shape index (κ3) is 4.96. The summed E-state index contributed by atoms with van der Waals surface area (Å²) in [6.45, 7) is 5.32. The van der Waals surface area contributed by atoms with Crippen molar-refractivity contribution >= 4 is 11.8 Å². The summed E-state index contributed by atoms with van der Waals surface area (Å²) in [5.41, 5.74) is 1.25. The highest BCUT2D eigenvalue weighted by molar-refractivity contribution is 7.99. The van der Waals surface area contributed by atoms with Crippen molar-refractivity contribution in [1.29, 1.82) is 0 Å². The average Bonchev–Trinajstić information content (AvgIpc) is 2.45. The summed E-state index contributed by atoms with van der Waals surface area (Å²) >= 11 is 1.98. The van der Waals surface area contributed by atoms with Crippen LogP contribution in [0.15, 0.2) is 18.2 Å². The van der Waals surface area contributed by atoms with Gasteiger partial charge in [-0.15, -0.1) is 0 Å². The van der Waals surface area contributed by atoms with Crippen molar-refractivity contribution in [3.05, 3.63) is 23.8 Å². The third-order valence-corrected chi connectivity index (χ3v) is 4.16. The van der Waals surface area contributed by atoms with Gasteiger partial charge in [0, 0.05) is 11.8 Å². The molecule has 1 aromatic carbocycles. The summed E-state index contributed by atoms with van der Waals surface area (Å²) in [7, 11) is 3.34. The van der Waals surface area contributed by atoms with Gasteiger partial charge in [-0.2, -0.15) is 11.8 Å². The highest BCUT2D eigenvalue weighted by Gasteiger charge is 2.13. The van der Waals surface area contributed by atoms with E-state index in [1.54, 1.807) is 14.2 Å². The molecule has 1 atom stereocenters. The van der Waals surface area contributed by atoms with Gasteiger partial charge in [0.15, 0.2) is 11.5 Å². The maximum absolute atomic E-state index is 5.37. The van der Waals surface area contributed by atoms with Crippen molar-refractivity contribution in [2.24, 2.45) is 0 Å². The first-order valence-corrected chi connectivity index (χ1v) is 7.95. The molecule has 1 unspecified atom stereocenters. The van der Waals surface area contributed by atoms with Gasteiger partial charge in [0.2, 0.25) is 0 Å². The summed E-state index contributed by atoms with van der Waals surface area (Å²) in [4.78, 5) is 0. The first-order chi connectivity index (χ1) is 9.26. The Kier molecular flexibility index (Phi) is 7.75. The van der Waals surface area contributed by atoms with Crippen LogP contribution in [0.2, 0.25) is 0 Å². The minimum absolute atomic E-state index is 0.362. The predicted molar refractivity (Wildman–Crippen MR) is 83.6 cm³/mol. The van der Waals surface area contributed by atoms with Crippen LogP contribution < -0.4 is 14.8 Å². The fourth-order valence-corrected chi connectivity index (χ4v) is 2.94. The van der Waals surface area contributed by atoms with Crippen LogP contribution in [0.4, 0.5) is 0 Å². The zero-order chi connectivity index (χ0) is 14.1. The number of nitrogens with one attached hydrogen (secondary N) is 1. The Morgan fingerprint density at radius 3 is 2.47 bits per heavy atom. The summed E-state index contributed by atoms with van der Waals surface area (Å²) in [6.07, 6.45) is 1.22. The van der Waals surface area contributed by atoms with E-state index >= 15 is 0 Å². The van der Waals surface area contributed by atoms with E-state index in [1.165, 1.54) is 17.7 Å². The first-order valence-electron chi connectivity index (χ1n) is 6.79. The maximum Gasteiger partial charge on any atom is 0.161 e. The first kappa shape index (κ1) is 16.2. The van der Waals surface area contributed by atoms with E-state index < -0.39 is 0 Å². The summed E-state index contributed by atoms with van der Waals surface area (Å²) < 4.78 is 10.7. The molecular weight excluding hydrogens is 258 g/mol. The van der Waals surface area contributed by atoms with Crippen LogP contribution in [0.1, 0.15) is 31.9 Å². The Hall–Kier alpha value is -0.870. The summed E-state index contributed by atoms with van der Waals surface area (Å²) in [5.74, 6) is 3.86. The highest BCUT2D eigenvalue weighted by atomic mass is 32.2. The monoisotopic (exact) mass is 283 g/mol. The van der Waals surface area contributed by atoms with Crippen LogP contribution in [0.25, 0.3) is 0 Å². The fourth-order valence-electron chi connectivity index (χ4n) is 1.93. The largest absolute Gasteiger partial charge is 0.493 e. The molecule has 1 rings (SSSR count). The second-order valence-electron chi connectivity index (χ2n) is 4.30. The smallest absolute Gasteiger partial charge is 0.161 e. The van der Waals surface area contributed by atoms with Crippen molar-refractivity contribution in [3.8, 4) is 11.5 Å². The zero-order valence-electron chi connectivity index (χ0n) is 12.4. The van der Waals surface area contributed by atoms with Gasteiger partial charge in [0.05, 0.1) is 14.2 Å². The molecule has 3 nitrogen and oxygen atoms in total. The molecule has 1 N–H and O–H groups in total. The van der Waals surface area contributed by atoms with Crippen molar-refractivity contribution in [2.45, 2.75) is 26.3 Å². The number of rotatable bonds is 9. The molecule has 0 radical (unpaired) electrons. The van der Waals surface area contributed by atoms with Crippen LogP contribution in [-0.4, -0.2) is 32.3 Å². The van der Waals surface area contributed by atoms with Crippen molar-refractivity contribution in [1.82, 2.24) is 5.32 Å². The fraction of sp³-hybridized carbons (Fsp3) is 0.600. The molecule has 0 fully saturated rings. The second kappa shape index (κ2) is 9.10. The molecule has 0 bridgehead atoms. The molecule has 0 saturated heterocycles. The van der Waals surface area contributed by atoms with E-state index in [0.717, 1.165) is 23.8 Å². The van der Waals surface area contributed by atoms with E-state index in [-0.39, 0.29) is 0 Å². The lowest BCUT2D eigenvalue weighted by molar-refractivity contribution is 0.354. The SMILES string of the molecule is CCCSCC(NCC)c1ccc(OC)c(OC)c1. The van der Waals surface area contributed by atoms with Crippen LogP contribution in [-0.2, 0) is 0 Å². The van der Waals surface area contributed by atoms with Gasteiger partial charge < -0.3 is 14.8 Å². The minimum atomic E-state index is 0.362. The molecule has 0 aliphatic heterocycles. The van der Waals surface area contributed by atoms with Crippen molar-refractivity contribution < 1.29 is 9.47 Å². The predicted octanol–water partition coefficient (Wildman–Crippen LogP) is 3.50. The number of benzene rings is 1. The third-order valence-electron chi connectivity index (χ3n) is 2.89. The number of ether oxygens (including phenoxy) is 2.